The zero-order valence-electron chi connectivity index (χ0n) is 14.2. The number of amides is 2. The van der Waals surface area contributed by atoms with E-state index in [4.69, 9.17) is 9.47 Å². The maximum absolute atomic E-state index is 12.0. The number of pyridine rings is 1. The number of urea groups is 1. The number of hydrogen-bond acceptors (Lipinski definition) is 4. The van der Waals surface area contributed by atoms with Crippen molar-refractivity contribution in [1.29, 1.82) is 0 Å². The lowest BCUT2D eigenvalue weighted by Crippen LogP contribution is -2.36. The van der Waals surface area contributed by atoms with Crippen molar-refractivity contribution in [3.63, 3.8) is 0 Å². The molecular formula is C18H23N3O3. The summed E-state index contributed by atoms with van der Waals surface area (Å²) < 4.78 is 10.5. The lowest BCUT2D eigenvalue weighted by atomic mass is 10.1. The van der Waals surface area contributed by atoms with Gasteiger partial charge in [0.05, 0.1) is 19.8 Å². The highest BCUT2D eigenvalue weighted by molar-refractivity contribution is 5.74. The molecule has 0 aliphatic rings. The van der Waals surface area contributed by atoms with Crippen LogP contribution in [0.3, 0.4) is 0 Å². The second-order valence-electron chi connectivity index (χ2n) is 5.26. The van der Waals surface area contributed by atoms with E-state index in [9.17, 15) is 4.79 Å². The molecule has 2 aromatic rings. The van der Waals surface area contributed by atoms with Crippen LogP contribution < -0.4 is 20.1 Å². The molecule has 2 rings (SSSR count). The number of carbonyl (C=O) groups is 1. The fourth-order valence-corrected chi connectivity index (χ4v) is 2.20. The van der Waals surface area contributed by atoms with Gasteiger partial charge in [0.2, 0.25) is 5.88 Å². The third kappa shape index (κ3) is 5.15. The second-order valence-corrected chi connectivity index (χ2v) is 5.26. The maximum atomic E-state index is 12.0. The summed E-state index contributed by atoms with van der Waals surface area (Å²) >= 11 is 0. The average Bonchev–Trinajstić information content (AvgIpc) is 2.61. The Balaban J connectivity index is 1.84. The molecule has 6 nitrogen and oxygen atoms in total. The monoisotopic (exact) mass is 329 g/mol. The average molecular weight is 329 g/mol. The van der Waals surface area contributed by atoms with Crippen LogP contribution in [0, 0.1) is 0 Å². The molecular weight excluding hydrogens is 306 g/mol. The fourth-order valence-electron chi connectivity index (χ4n) is 2.20. The lowest BCUT2D eigenvalue weighted by Gasteiger charge is -2.15. The summed E-state index contributed by atoms with van der Waals surface area (Å²) in [4.78, 5) is 16.1. The van der Waals surface area contributed by atoms with E-state index in [0.717, 1.165) is 16.9 Å². The molecule has 0 bridgehead atoms. The Kier molecular flexibility index (Phi) is 6.42. The smallest absolute Gasteiger partial charge is 0.315 e. The third-order valence-corrected chi connectivity index (χ3v) is 3.50. The molecule has 0 spiro atoms. The van der Waals surface area contributed by atoms with Gasteiger partial charge in [-0.05, 0) is 43.2 Å². The summed E-state index contributed by atoms with van der Waals surface area (Å²) in [5.41, 5.74) is 1.94. The Morgan fingerprint density at radius 1 is 1.25 bits per heavy atom. The largest absolute Gasteiger partial charge is 0.494 e. The molecule has 0 unspecified atom stereocenters. The van der Waals surface area contributed by atoms with Crippen LogP contribution in [0.1, 0.15) is 31.0 Å². The Morgan fingerprint density at radius 3 is 2.67 bits per heavy atom. The molecule has 0 fully saturated rings. The Bertz CT molecular complexity index is 659. The first-order chi connectivity index (χ1) is 11.6. The molecule has 24 heavy (non-hydrogen) atoms. The lowest BCUT2D eigenvalue weighted by molar-refractivity contribution is 0.237. The molecule has 1 atom stereocenters. The molecule has 1 heterocycles. The molecule has 0 aliphatic heterocycles. The molecule has 0 saturated carbocycles. The van der Waals surface area contributed by atoms with Crippen LogP contribution in [0.4, 0.5) is 4.79 Å². The second kappa shape index (κ2) is 8.76. The van der Waals surface area contributed by atoms with Gasteiger partial charge in [0.25, 0.3) is 0 Å². The maximum Gasteiger partial charge on any atom is 0.315 e. The summed E-state index contributed by atoms with van der Waals surface area (Å²) in [6.07, 6.45) is 1.65. The molecule has 1 aromatic carbocycles. The van der Waals surface area contributed by atoms with Crippen LogP contribution in [0.5, 0.6) is 11.6 Å². The van der Waals surface area contributed by atoms with Crippen LogP contribution in [0.25, 0.3) is 0 Å². The van der Waals surface area contributed by atoms with Crippen molar-refractivity contribution >= 4 is 6.03 Å². The Hall–Kier alpha value is -2.76. The van der Waals surface area contributed by atoms with Gasteiger partial charge in [0.15, 0.2) is 0 Å². The molecule has 1 aromatic heterocycles. The van der Waals surface area contributed by atoms with E-state index in [2.05, 4.69) is 15.6 Å². The van der Waals surface area contributed by atoms with E-state index in [1.165, 1.54) is 0 Å². The molecule has 0 aliphatic carbocycles. The summed E-state index contributed by atoms with van der Waals surface area (Å²) in [5, 5.41) is 5.73. The van der Waals surface area contributed by atoms with Gasteiger partial charge in [-0.15, -0.1) is 0 Å². The highest BCUT2D eigenvalue weighted by atomic mass is 16.5. The van der Waals surface area contributed by atoms with Gasteiger partial charge >= 0.3 is 6.03 Å². The normalized spacial score (nSPS) is 11.5. The van der Waals surface area contributed by atoms with E-state index >= 15 is 0 Å². The van der Waals surface area contributed by atoms with Crippen LogP contribution in [-0.2, 0) is 6.54 Å². The van der Waals surface area contributed by atoms with E-state index in [0.29, 0.717) is 19.0 Å². The van der Waals surface area contributed by atoms with E-state index in [1.807, 2.05) is 44.2 Å². The molecule has 0 radical (unpaired) electrons. The van der Waals surface area contributed by atoms with E-state index < -0.39 is 0 Å². The summed E-state index contributed by atoms with van der Waals surface area (Å²) in [6, 6.07) is 11.0. The fraction of sp³-hybridized carbons (Fsp3) is 0.333. The minimum Gasteiger partial charge on any atom is -0.494 e. The number of nitrogens with zero attached hydrogens (tertiary/aromatic N) is 1. The number of aromatic nitrogens is 1. The van der Waals surface area contributed by atoms with Crippen LogP contribution in [0.15, 0.2) is 42.6 Å². The zero-order chi connectivity index (χ0) is 17.4. The number of hydrogen-bond donors (Lipinski definition) is 2. The number of carbonyl (C=O) groups excluding carboxylic acids is 1. The summed E-state index contributed by atoms with van der Waals surface area (Å²) in [7, 11) is 1.56. The Morgan fingerprint density at radius 2 is 2.00 bits per heavy atom. The van der Waals surface area contributed by atoms with Gasteiger partial charge in [-0.1, -0.05) is 12.1 Å². The van der Waals surface area contributed by atoms with E-state index in [-0.39, 0.29) is 12.1 Å². The molecule has 2 amide bonds. The van der Waals surface area contributed by atoms with Crippen molar-refractivity contribution in [2.75, 3.05) is 13.7 Å². The van der Waals surface area contributed by atoms with Gasteiger partial charge in [0, 0.05) is 18.8 Å². The zero-order valence-corrected chi connectivity index (χ0v) is 14.2. The first-order valence-electron chi connectivity index (χ1n) is 7.88. The summed E-state index contributed by atoms with van der Waals surface area (Å²) in [5.74, 6) is 1.35. The van der Waals surface area contributed by atoms with Crippen molar-refractivity contribution < 1.29 is 14.3 Å². The number of nitrogens with one attached hydrogen (secondary N) is 2. The van der Waals surface area contributed by atoms with Gasteiger partial charge in [0.1, 0.15) is 5.75 Å². The third-order valence-electron chi connectivity index (χ3n) is 3.50. The van der Waals surface area contributed by atoms with Crippen LogP contribution in [0.2, 0.25) is 0 Å². The quantitative estimate of drug-likeness (QED) is 0.819. The van der Waals surface area contributed by atoms with E-state index in [1.54, 1.807) is 19.4 Å². The van der Waals surface area contributed by atoms with Crippen molar-refractivity contribution in [3.8, 4) is 11.6 Å². The number of rotatable bonds is 7. The minimum atomic E-state index is -0.229. The molecule has 6 heteroatoms. The van der Waals surface area contributed by atoms with Gasteiger partial charge in [-0.2, -0.15) is 0 Å². The van der Waals surface area contributed by atoms with Crippen molar-refractivity contribution in [2.24, 2.45) is 0 Å². The van der Waals surface area contributed by atoms with Gasteiger partial charge < -0.3 is 20.1 Å². The number of ether oxygens (including phenoxy) is 2. The Labute approximate surface area is 142 Å². The van der Waals surface area contributed by atoms with Crippen molar-refractivity contribution in [1.82, 2.24) is 15.6 Å². The van der Waals surface area contributed by atoms with Gasteiger partial charge in [-0.3, -0.25) is 0 Å². The highest BCUT2D eigenvalue weighted by Crippen LogP contribution is 2.17. The SMILES string of the molecule is CCOc1ccc([C@@H](C)NC(=O)NCc2ccnc(OC)c2)cc1. The first kappa shape index (κ1) is 17.6. The minimum absolute atomic E-state index is 0.104. The molecule has 0 saturated heterocycles. The predicted molar refractivity (Wildman–Crippen MR) is 92.2 cm³/mol. The summed E-state index contributed by atoms with van der Waals surface area (Å²) in [6.45, 7) is 4.92. The molecule has 2 N–H and O–H groups in total. The van der Waals surface area contributed by atoms with Crippen LogP contribution >= 0.6 is 0 Å². The van der Waals surface area contributed by atoms with Crippen molar-refractivity contribution in [2.45, 2.75) is 26.4 Å². The van der Waals surface area contributed by atoms with Crippen LogP contribution in [-0.4, -0.2) is 24.7 Å². The molecule has 128 valence electrons. The van der Waals surface area contributed by atoms with Crippen molar-refractivity contribution in [3.05, 3.63) is 53.7 Å². The first-order valence-corrected chi connectivity index (χ1v) is 7.88. The predicted octanol–water partition coefficient (Wildman–Crippen LogP) is 3.05. The standard InChI is InChI=1S/C18H23N3O3/c1-4-24-16-7-5-15(6-8-16)13(2)21-18(22)20-12-14-9-10-19-17(11-14)23-3/h5-11,13H,4,12H2,1-3H3,(H2,20,21,22)/t13-/m1/s1. The topological polar surface area (TPSA) is 72.5 Å². The number of methoxy groups -OCH3 is 1. The van der Waals surface area contributed by atoms with Gasteiger partial charge in [-0.25, -0.2) is 9.78 Å². The highest BCUT2D eigenvalue weighted by Gasteiger charge is 2.09. The number of benzene rings is 1.